The van der Waals surface area contributed by atoms with E-state index in [9.17, 15) is 0 Å². The highest BCUT2D eigenvalue weighted by Gasteiger charge is 2.42. The standard InChI is InChI=1S/C39H30N2OSi.C35H26N4O.C30H23N3OS/c1-2-37-40-38-33(26-27-36-39(38)41(37)34-20-12-13-21-35(34)42-36)28-22-24-32(25-23-28)43(29-14-6-3-7-15-29,30-16-8-4-9-17-30)31-18-10-5-11-19-31;1-35(2,3)34-38-32-25(17-19-29-33(32)39(34)27-8-4-5-9-28(27)40-29)21-10-12-22(13-11-21)26-18-16-24-15-14-23-7-6-20-36-30(23)31(24)37-26;1-30(2,3)29-32-26-20(16-17-24-27(26)33(29)22-9-5-6-10-23(22)34-24)18-12-14-19(15-13-18)28-31-21-8-4-7-11-25(21)35-28/h3-27H,2H2,1H3;4-20H,1-3H3;4-17H,1-3H3. The van der Waals surface area contributed by atoms with Gasteiger partial charge in [-0.05, 0) is 134 Å². The first-order chi connectivity index (χ1) is 57.7. The van der Waals surface area contributed by atoms with E-state index in [1.807, 2.05) is 60.8 Å². The van der Waals surface area contributed by atoms with E-state index in [0.717, 1.165) is 191 Å². The predicted molar refractivity (Wildman–Crippen MR) is 485 cm³/mol. The molecule has 0 unspecified atom stereocenters. The molecule has 6 aromatic heterocycles. The average Bonchev–Trinajstić information content (AvgIpc) is 1.37. The van der Waals surface area contributed by atoms with Crippen molar-refractivity contribution in [3.63, 3.8) is 0 Å². The fourth-order valence-corrected chi connectivity index (χ4v) is 23.1. The molecule has 0 radical (unpaired) electrons. The summed E-state index contributed by atoms with van der Waals surface area (Å²) < 4.78 is 27.0. The van der Waals surface area contributed by atoms with Gasteiger partial charge >= 0.3 is 0 Å². The molecule has 14 aromatic carbocycles. The summed E-state index contributed by atoms with van der Waals surface area (Å²) in [6, 6.07) is 118. The van der Waals surface area contributed by atoms with Gasteiger partial charge in [0.25, 0.3) is 0 Å². The molecule has 568 valence electrons. The van der Waals surface area contributed by atoms with Crippen LogP contribution >= 0.6 is 11.3 Å². The third kappa shape index (κ3) is 12.0. The number of benzene rings is 14. The number of imidazole rings is 3. The molecule has 23 rings (SSSR count). The minimum absolute atomic E-state index is 0.130. The van der Waals surface area contributed by atoms with Gasteiger partial charge in [-0.25, -0.2) is 24.9 Å². The van der Waals surface area contributed by atoms with Crippen molar-refractivity contribution >= 4 is 105 Å². The largest absolute Gasteiger partial charge is 0.453 e. The summed E-state index contributed by atoms with van der Waals surface area (Å²) in [5.74, 6) is 8.19. The number of hydrogen-bond donors (Lipinski definition) is 0. The summed E-state index contributed by atoms with van der Waals surface area (Å²) in [5, 5.41) is 8.69. The number of aromatic nitrogens is 9. The van der Waals surface area contributed by atoms with Crippen molar-refractivity contribution in [2.75, 3.05) is 0 Å². The molecule has 12 nitrogen and oxygen atoms in total. The smallest absolute Gasteiger partial charge is 0.179 e. The van der Waals surface area contributed by atoms with E-state index < -0.39 is 8.07 Å². The first-order valence-electron chi connectivity index (χ1n) is 40.2. The van der Waals surface area contributed by atoms with Gasteiger partial charge in [-0.2, -0.15) is 0 Å². The summed E-state index contributed by atoms with van der Waals surface area (Å²) in [6.07, 6.45) is 2.66. The van der Waals surface area contributed by atoms with Crippen molar-refractivity contribution in [1.29, 1.82) is 0 Å². The molecule has 0 fully saturated rings. The zero-order valence-electron chi connectivity index (χ0n) is 66.2. The second-order valence-corrected chi connectivity index (χ2v) is 37.2. The first-order valence-corrected chi connectivity index (χ1v) is 43.0. The quantitative estimate of drug-likeness (QED) is 0.0749. The molecule has 0 saturated carbocycles. The summed E-state index contributed by atoms with van der Waals surface area (Å²) in [4.78, 5) is 30.1. The summed E-state index contributed by atoms with van der Waals surface area (Å²) in [6.45, 7) is 15.4. The molecule has 0 saturated heterocycles. The normalized spacial score (nSPS) is 12.4. The van der Waals surface area contributed by atoms with Gasteiger partial charge in [0.1, 0.15) is 55.6 Å². The third-order valence-corrected chi connectivity index (χ3v) is 28.8. The Kier molecular flexibility index (Phi) is 17.2. The summed E-state index contributed by atoms with van der Waals surface area (Å²) in [7, 11) is -2.57. The van der Waals surface area contributed by atoms with E-state index in [1.54, 1.807) is 11.3 Å². The number of fused-ring (bicyclic) bond motifs is 10. The molecule has 0 bridgehead atoms. The van der Waals surface area contributed by atoms with Gasteiger partial charge in [0.15, 0.2) is 42.6 Å². The average molecular weight is 1560 g/mol. The van der Waals surface area contributed by atoms with Crippen molar-refractivity contribution in [2.24, 2.45) is 0 Å². The second kappa shape index (κ2) is 28.4. The van der Waals surface area contributed by atoms with Gasteiger partial charge in [0.2, 0.25) is 0 Å². The maximum Gasteiger partial charge on any atom is 0.179 e. The van der Waals surface area contributed by atoms with Crippen molar-refractivity contribution in [2.45, 2.75) is 65.7 Å². The van der Waals surface area contributed by atoms with Crippen LogP contribution in [0.3, 0.4) is 0 Å². The molecule has 14 heteroatoms. The Hall–Kier alpha value is -14.2. The van der Waals surface area contributed by atoms with Gasteiger partial charge in [0.05, 0.1) is 44.0 Å². The Morgan fingerprint density at radius 2 is 0.712 bits per heavy atom. The predicted octanol–water partition coefficient (Wildman–Crippen LogP) is 24.0. The van der Waals surface area contributed by atoms with E-state index in [-0.39, 0.29) is 10.8 Å². The molecular weight excluding hydrogens is 1480 g/mol. The Morgan fingerprint density at radius 3 is 1.19 bits per heavy atom. The van der Waals surface area contributed by atoms with Gasteiger partial charge in [0, 0.05) is 62.0 Å². The lowest BCUT2D eigenvalue weighted by atomic mass is 9.95. The van der Waals surface area contributed by atoms with Crippen LogP contribution in [0.25, 0.3) is 137 Å². The highest BCUT2D eigenvalue weighted by Crippen LogP contribution is 2.50. The maximum absolute atomic E-state index is 6.35. The lowest BCUT2D eigenvalue weighted by Gasteiger charge is -2.34. The lowest BCUT2D eigenvalue weighted by molar-refractivity contribution is 0.467. The van der Waals surface area contributed by atoms with Crippen molar-refractivity contribution in [3.8, 4) is 107 Å². The van der Waals surface area contributed by atoms with E-state index in [2.05, 4.69) is 346 Å². The Balaban J connectivity index is 0.000000111. The van der Waals surface area contributed by atoms with E-state index in [1.165, 1.54) is 25.4 Å². The number of ether oxygens (including phenoxy) is 3. The number of pyridine rings is 2. The van der Waals surface area contributed by atoms with Crippen LogP contribution in [0.4, 0.5) is 0 Å². The number of para-hydroxylation sites is 7. The lowest BCUT2D eigenvalue weighted by Crippen LogP contribution is -2.74. The van der Waals surface area contributed by atoms with E-state index >= 15 is 0 Å². The second-order valence-electron chi connectivity index (χ2n) is 32.4. The number of hydrogen-bond acceptors (Lipinski definition) is 10. The highest BCUT2D eigenvalue weighted by molar-refractivity contribution is 7.21. The number of rotatable bonds is 10. The molecule has 20 aromatic rings. The first kappa shape index (κ1) is 71.6. The maximum atomic E-state index is 6.35. The fraction of sp³-hybridized carbons (Fsp3) is 0.0962. The molecule has 9 heterocycles. The van der Waals surface area contributed by atoms with Crippen LogP contribution in [-0.4, -0.2) is 51.7 Å². The minimum Gasteiger partial charge on any atom is -0.453 e. The van der Waals surface area contributed by atoms with Crippen LogP contribution in [0.15, 0.2) is 340 Å². The Bertz CT molecular complexity index is 7200. The minimum atomic E-state index is -2.57. The Morgan fingerprint density at radius 1 is 0.314 bits per heavy atom. The molecule has 0 spiro atoms. The van der Waals surface area contributed by atoms with Gasteiger partial charge in [-0.3, -0.25) is 18.7 Å². The molecular formula is C104H79N9O3SSi. The SMILES string of the molecule is CC(C)(C)c1nc2c(-c3ccc(-c4ccc5ccc6cccnc6c5n4)cc3)ccc3c2n1-c1ccccc1O3.CC(C)(C)c1nc2c(-c3ccc(-c4nc5ccccc5s4)cc3)ccc3c2n1-c1ccccc1O3.CCc1nc2c(-c3ccc([Si](c4ccccc4)(c4ccccc4)c4ccccc4)cc3)ccc3c2n1-c1ccccc1O3. The van der Waals surface area contributed by atoms with Crippen molar-refractivity contribution in [3.05, 3.63) is 357 Å². The van der Waals surface area contributed by atoms with Crippen LogP contribution in [0.2, 0.25) is 0 Å². The van der Waals surface area contributed by atoms with Crippen LogP contribution in [-0.2, 0) is 17.3 Å². The van der Waals surface area contributed by atoms with Gasteiger partial charge in [-0.15, -0.1) is 11.3 Å². The van der Waals surface area contributed by atoms with Crippen molar-refractivity contribution in [1.82, 2.24) is 43.6 Å². The van der Waals surface area contributed by atoms with E-state index in [0.29, 0.717) is 0 Å². The number of nitrogens with zero attached hydrogens (tertiary/aromatic N) is 9. The number of aryl methyl sites for hydroxylation is 1. The molecule has 0 N–H and O–H groups in total. The molecule has 3 aliphatic rings. The zero-order chi connectivity index (χ0) is 79.5. The topological polar surface area (TPSA) is 120 Å². The number of thiazole rings is 1. The molecule has 3 aliphatic heterocycles. The molecule has 0 amide bonds. The van der Waals surface area contributed by atoms with Crippen LogP contribution in [0, 0.1) is 0 Å². The summed E-state index contributed by atoms with van der Waals surface area (Å²) >= 11 is 1.73. The highest BCUT2D eigenvalue weighted by atomic mass is 32.1. The fourth-order valence-electron chi connectivity index (χ4n) is 17.4. The Labute approximate surface area is 688 Å². The van der Waals surface area contributed by atoms with Crippen molar-refractivity contribution < 1.29 is 14.2 Å². The monoisotopic (exact) mass is 1560 g/mol. The zero-order valence-corrected chi connectivity index (χ0v) is 68.0. The van der Waals surface area contributed by atoms with Crippen LogP contribution in [0.1, 0.15) is 65.9 Å². The van der Waals surface area contributed by atoms with Crippen LogP contribution in [0.5, 0.6) is 34.5 Å². The molecule has 118 heavy (non-hydrogen) atoms. The van der Waals surface area contributed by atoms with Crippen LogP contribution < -0.4 is 35.0 Å². The summed E-state index contributed by atoms with van der Waals surface area (Å²) in [5.41, 5.74) is 21.5. The van der Waals surface area contributed by atoms with Gasteiger partial charge in [-0.1, -0.05) is 285 Å². The third-order valence-electron chi connectivity index (χ3n) is 22.9. The molecule has 0 aliphatic carbocycles. The van der Waals surface area contributed by atoms with E-state index in [4.69, 9.17) is 39.1 Å². The molecule has 0 atom stereocenters. The van der Waals surface area contributed by atoms with Gasteiger partial charge < -0.3 is 14.2 Å².